The third-order valence-corrected chi connectivity index (χ3v) is 3.50. The van der Waals surface area contributed by atoms with Crippen LogP contribution >= 0.6 is 0 Å². The first-order valence-corrected chi connectivity index (χ1v) is 7.42. The average Bonchev–Trinajstić information content (AvgIpc) is 2.60. The molecule has 0 heterocycles. The minimum atomic E-state index is -0.652. The Kier molecular flexibility index (Phi) is 4.66. The number of hydrogen-bond donors (Lipinski definition) is 0. The van der Waals surface area contributed by atoms with Gasteiger partial charge in [0.05, 0.1) is 0 Å². The highest BCUT2D eigenvalue weighted by atomic mass is 19.1. The van der Waals surface area contributed by atoms with Gasteiger partial charge in [-0.25, -0.2) is 8.78 Å². The topological polar surface area (TPSA) is 26.3 Å². The van der Waals surface area contributed by atoms with Gasteiger partial charge in [-0.2, -0.15) is 0 Å². The molecular weight excluding hydrogens is 310 g/mol. The van der Waals surface area contributed by atoms with Crippen molar-refractivity contribution in [3.63, 3.8) is 0 Å². The van der Waals surface area contributed by atoms with E-state index in [-0.39, 0.29) is 11.5 Å². The summed E-state index contributed by atoms with van der Waals surface area (Å²) in [4.78, 5) is 12.2. The van der Waals surface area contributed by atoms with Gasteiger partial charge in [0, 0.05) is 18.1 Å². The summed E-state index contributed by atoms with van der Waals surface area (Å²) in [6, 6.07) is 18.8. The van der Waals surface area contributed by atoms with E-state index in [2.05, 4.69) is 0 Å². The molecule has 0 unspecified atom stereocenters. The van der Waals surface area contributed by atoms with Gasteiger partial charge >= 0.3 is 0 Å². The van der Waals surface area contributed by atoms with Gasteiger partial charge in [0.15, 0.2) is 17.3 Å². The number of Topliss-reactive ketones (excluding diaryl/α,β-unsaturated/α-hetero) is 1. The molecule has 3 rings (SSSR count). The van der Waals surface area contributed by atoms with Crippen LogP contribution in [0.5, 0.6) is 11.5 Å². The lowest BCUT2D eigenvalue weighted by Gasteiger charge is -2.08. The third-order valence-electron chi connectivity index (χ3n) is 3.50. The Morgan fingerprint density at radius 1 is 0.875 bits per heavy atom. The van der Waals surface area contributed by atoms with Crippen LogP contribution in [-0.4, -0.2) is 5.78 Å². The predicted octanol–water partition coefficient (Wildman–Crippen LogP) is 5.18. The predicted molar refractivity (Wildman–Crippen MR) is 87.4 cm³/mol. The second-order valence-electron chi connectivity index (χ2n) is 5.29. The van der Waals surface area contributed by atoms with Crippen LogP contribution in [0.25, 0.3) is 0 Å². The maximum atomic E-state index is 13.6. The minimum absolute atomic E-state index is 0.0234. The summed E-state index contributed by atoms with van der Waals surface area (Å²) in [5, 5.41) is 0. The molecule has 0 aliphatic carbocycles. The molecule has 3 aromatic carbocycles. The third kappa shape index (κ3) is 3.84. The zero-order valence-electron chi connectivity index (χ0n) is 12.7. The Labute approximate surface area is 138 Å². The first-order valence-electron chi connectivity index (χ1n) is 7.42. The van der Waals surface area contributed by atoms with E-state index in [0.29, 0.717) is 17.7 Å². The zero-order valence-corrected chi connectivity index (χ0v) is 12.7. The molecular formula is C20H14F2O2. The van der Waals surface area contributed by atoms with Gasteiger partial charge in [-0.05, 0) is 42.0 Å². The van der Waals surface area contributed by atoms with E-state index in [1.807, 2.05) is 30.3 Å². The molecule has 0 aromatic heterocycles. The van der Waals surface area contributed by atoms with E-state index in [9.17, 15) is 13.6 Å². The number of carbonyl (C=O) groups excluding carboxylic acids is 1. The molecule has 0 saturated carbocycles. The molecule has 0 bridgehead atoms. The average molecular weight is 324 g/mol. The van der Waals surface area contributed by atoms with Crippen molar-refractivity contribution in [3.05, 3.63) is 95.6 Å². The summed E-state index contributed by atoms with van der Waals surface area (Å²) in [5.41, 5.74) is 1.47. The monoisotopic (exact) mass is 324 g/mol. The van der Waals surface area contributed by atoms with Gasteiger partial charge < -0.3 is 4.74 Å². The van der Waals surface area contributed by atoms with Crippen molar-refractivity contribution in [2.75, 3.05) is 0 Å². The van der Waals surface area contributed by atoms with Crippen LogP contribution in [0.3, 0.4) is 0 Å². The standard InChI is InChI=1S/C20H14F2O2/c21-16-8-11-18(22)20(13-16)24-17-9-6-15(7-10-17)19(23)12-14-4-2-1-3-5-14/h1-11,13H,12H2. The van der Waals surface area contributed by atoms with E-state index in [4.69, 9.17) is 4.74 Å². The largest absolute Gasteiger partial charge is 0.454 e. The number of ether oxygens (including phenoxy) is 1. The fraction of sp³-hybridized carbons (Fsp3) is 0.0500. The van der Waals surface area contributed by atoms with E-state index in [0.717, 1.165) is 23.8 Å². The first-order chi connectivity index (χ1) is 11.6. The van der Waals surface area contributed by atoms with Gasteiger partial charge in [-0.1, -0.05) is 30.3 Å². The second-order valence-corrected chi connectivity index (χ2v) is 5.29. The normalized spacial score (nSPS) is 10.4. The maximum absolute atomic E-state index is 13.6. The summed E-state index contributed by atoms with van der Waals surface area (Å²) in [7, 11) is 0. The van der Waals surface area contributed by atoms with Crippen LogP contribution in [0.1, 0.15) is 15.9 Å². The molecule has 0 atom stereocenters. The van der Waals surface area contributed by atoms with Crippen molar-refractivity contribution in [1.29, 1.82) is 0 Å². The van der Waals surface area contributed by atoms with Gasteiger partial charge in [0.1, 0.15) is 11.6 Å². The molecule has 3 aromatic rings. The van der Waals surface area contributed by atoms with Crippen LogP contribution in [0.2, 0.25) is 0 Å². The number of hydrogen-bond acceptors (Lipinski definition) is 2. The lowest BCUT2D eigenvalue weighted by atomic mass is 10.0. The summed E-state index contributed by atoms with van der Waals surface area (Å²) in [6.07, 6.45) is 0.305. The fourth-order valence-corrected chi connectivity index (χ4v) is 2.27. The highest BCUT2D eigenvalue weighted by Crippen LogP contribution is 2.25. The quantitative estimate of drug-likeness (QED) is 0.604. The molecule has 0 N–H and O–H groups in total. The number of halogens is 2. The number of carbonyl (C=O) groups is 1. The van der Waals surface area contributed by atoms with Gasteiger partial charge in [-0.15, -0.1) is 0 Å². The maximum Gasteiger partial charge on any atom is 0.167 e. The molecule has 120 valence electrons. The summed E-state index contributed by atoms with van der Waals surface area (Å²) < 4.78 is 32.0. The van der Waals surface area contributed by atoms with Gasteiger partial charge in [0.2, 0.25) is 0 Å². The molecule has 0 saturated heterocycles. The van der Waals surface area contributed by atoms with Crippen molar-refractivity contribution in [2.24, 2.45) is 0 Å². The van der Waals surface area contributed by atoms with Crippen LogP contribution in [-0.2, 0) is 6.42 Å². The van der Waals surface area contributed by atoms with E-state index >= 15 is 0 Å². The van der Waals surface area contributed by atoms with E-state index < -0.39 is 11.6 Å². The van der Waals surface area contributed by atoms with Crippen molar-refractivity contribution in [3.8, 4) is 11.5 Å². The summed E-state index contributed by atoms with van der Waals surface area (Å²) in [6.45, 7) is 0. The lowest BCUT2D eigenvalue weighted by molar-refractivity contribution is 0.0993. The van der Waals surface area contributed by atoms with Gasteiger partial charge in [-0.3, -0.25) is 4.79 Å². The first kappa shape index (κ1) is 15.9. The second kappa shape index (κ2) is 7.04. The highest BCUT2D eigenvalue weighted by molar-refractivity contribution is 5.97. The Bertz CT molecular complexity index is 843. The molecule has 0 fully saturated rings. The van der Waals surface area contributed by atoms with Gasteiger partial charge in [0.25, 0.3) is 0 Å². The Hall–Kier alpha value is -3.01. The molecule has 0 radical (unpaired) electrons. The molecule has 2 nitrogen and oxygen atoms in total. The van der Waals surface area contributed by atoms with Crippen molar-refractivity contribution < 1.29 is 18.3 Å². The van der Waals surface area contributed by atoms with E-state index in [1.54, 1.807) is 24.3 Å². The summed E-state index contributed by atoms with van der Waals surface area (Å²) in [5.74, 6) is -1.12. The minimum Gasteiger partial charge on any atom is -0.454 e. The van der Waals surface area contributed by atoms with Crippen molar-refractivity contribution in [1.82, 2.24) is 0 Å². The van der Waals surface area contributed by atoms with Crippen molar-refractivity contribution >= 4 is 5.78 Å². The number of benzene rings is 3. The summed E-state index contributed by atoms with van der Waals surface area (Å²) >= 11 is 0. The smallest absolute Gasteiger partial charge is 0.167 e. The molecule has 24 heavy (non-hydrogen) atoms. The molecule has 0 aliphatic rings. The van der Waals surface area contributed by atoms with Crippen molar-refractivity contribution in [2.45, 2.75) is 6.42 Å². The fourth-order valence-electron chi connectivity index (χ4n) is 2.27. The Morgan fingerprint density at radius 2 is 1.58 bits per heavy atom. The SMILES string of the molecule is O=C(Cc1ccccc1)c1ccc(Oc2cc(F)ccc2F)cc1. The van der Waals surface area contributed by atoms with Crippen LogP contribution in [0, 0.1) is 11.6 Å². The molecule has 4 heteroatoms. The van der Waals surface area contributed by atoms with Crippen LogP contribution in [0.15, 0.2) is 72.8 Å². The van der Waals surface area contributed by atoms with Crippen LogP contribution in [0.4, 0.5) is 8.78 Å². The Balaban J connectivity index is 1.71. The number of rotatable bonds is 5. The molecule has 0 amide bonds. The van der Waals surface area contributed by atoms with E-state index in [1.165, 1.54) is 0 Å². The number of ketones is 1. The van der Waals surface area contributed by atoms with Crippen LogP contribution < -0.4 is 4.74 Å². The highest BCUT2D eigenvalue weighted by Gasteiger charge is 2.09. The lowest BCUT2D eigenvalue weighted by Crippen LogP contribution is -2.03. The molecule has 0 spiro atoms. The zero-order chi connectivity index (χ0) is 16.9. The Morgan fingerprint density at radius 3 is 2.29 bits per heavy atom. The molecule has 0 aliphatic heterocycles.